The molecule has 24 heavy (non-hydrogen) atoms. The second-order valence-corrected chi connectivity index (χ2v) is 6.69. The van der Waals surface area contributed by atoms with Crippen LogP contribution in [0.3, 0.4) is 0 Å². The standard InChI is InChI=1S/C17H14Cl2N2O2S/c1-8-4-13-10(6-11(8)18)16(22)21(17(24)20-13)14-5-9(2)15(23-3)7-12(14)19/h4-7H,1-3H3,(H,20,24). The molecule has 0 amide bonds. The molecule has 0 aliphatic heterocycles. The van der Waals surface area contributed by atoms with Gasteiger partial charge in [-0.05, 0) is 55.4 Å². The zero-order chi connectivity index (χ0) is 17.6. The van der Waals surface area contributed by atoms with Crippen LogP contribution in [0.5, 0.6) is 5.75 Å². The van der Waals surface area contributed by atoms with E-state index >= 15 is 0 Å². The lowest BCUT2D eigenvalue weighted by molar-refractivity contribution is 0.411. The number of rotatable bonds is 2. The zero-order valence-electron chi connectivity index (χ0n) is 13.2. The van der Waals surface area contributed by atoms with Gasteiger partial charge >= 0.3 is 0 Å². The van der Waals surface area contributed by atoms with E-state index in [1.165, 1.54) is 4.57 Å². The maximum absolute atomic E-state index is 13.0. The number of fused-ring (bicyclic) bond motifs is 1. The van der Waals surface area contributed by atoms with Gasteiger partial charge in [0.15, 0.2) is 4.77 Å². The Morgan fingerprint density at radius 1 is 1.08 bits per heavy atom. The fraction of sp³-hybridized carbons (Fsp3) is 0.176. The molecule has 0 aliphatic rings. The van der Waals surface area contributed by atoms with Gasteiger partial charge in [-0.15, -0.1) is 0 Å². The molecular weight excluding hydrogens is 367 g/mol. The Labute approximate surface area is 153 Å². The van der Waals surface area contributed by atoms with Crippen LogP contribution in [0.25, 0.3) is 16.6 Å². The molecule has 0 bridgehead atoms. The van der Waals surface area contributed by atoms with Crippen LogP contribution in [-0.2, 0) is 0 Å². The van der Waals surface area contributed by atoms with Crippen molar-refractivity contribution >= 4 is 46.3 Å². The molecule has 0 saturated carbocycles. The molecule has 0 saturated heterocycles. The summed E-state index contributed by atoms with van der Waals surface area (Å²) in [5.41, 5.74) is 2.58. The fourth-order valence-corrected chi connectivity index (χ4v) is 3.30. The third-order valence-electron chi connectivity index (χ3n) is 3.88. The van der Waals surface area contributed by atoms with E-state index in [9.17, 15) is 4.79 Å². The van der Waals surface area contributed by atoms with E-state index in [0.29, 0.717) is 32.4 Å². The minimum atomic E-state index is -0.276. The van der Waals surface area contributed by atoms with Crippen molar-refractivity contribution in [2.75, 3.05) is 7.11 Å². The molecule has 1 aromatic heterocycles. The van der Waals surface area contributed by atoms with Crippen molar-refractivity contribution in [2.24, 2.45) is 0 Å². The summed E-state index contributed by atoms with van der Waals surface area (Å²) in [4.78, 5) is 16.0. The van der Waals surface area contributed by atoms with Crippen molar-refractivity contribution in [1.29, 1.82) is 0 Å². The Morgan fingerprint density at radius 3 is 2.46 bits per heavy atom. The molecule has 0 spiro atoms. The highest BCUT2D eigenvalue weighted by molar-refractivity contribution is 7.71. The van der Waals surface area contributed by atoms with Crippen LogP contribution in [0.4, 0.5) is 0 Å². The molecule has 124 valence electrons. The van der Waals surface area contributed by atoms with Crippen molar-refractivity contribution in [3.8, 4) is 11.4 Å². The van der Waals surface area contributed by atoms with E-state index in [2.05, 4.69) is 4.98 Å². The Morgan fingerprint density at radius 2 is 1.79 bits per heavy atom. The van der Waals surface area contributed by atoms with E-state index in [-0.39, 0.29) is 10.3 Å². The number of ether oxygens (including phenoxy) is 1. The summed E-state index contributed by atoms with van der Waals surface area (Å²) in [5.74, 6) is 0.645. The van der Waals surface area contributed by atoms with Gasteiger partial charge in [0.25, 0.3) is 5.56 Å². The molecule has 3 aromatic rings. The molecule has 0 atom stereocenters. The Kier molecular flexibility index (Phi) is 4.42. The summed E-state index contributed by atoms with van der Waals surface area (Å²) in [7, 11) is 1.57. The summed E-state index contributed by atoms with van der Waals surface area (Å²) >= 11 is 17.9. The molecule has 0 unspecified atom stereocenters. The number of hydrogen-bond donors (Lipinski definition) is 1. The molecule has 3 rings (SSSR count). The van der Waals surface area contributed by atoms with Crippen molar-refractivity contribution in [2.45, 2.75) is 13.8 Å². The number of methoxy groups -OCH3 is 1. The van der Waals surface area contributed by atoms with E-state index in [1.807, 2.05) is 13.8 Å². The molecule has 0 fully saturated rings. The number of H-pyrrole nitrogens is 1. The highest BCUT2D eigenvalue weighted by atomic mass is 35.5. The number of benzene rings is 2. The average Bonchev–Trinajstić information content (AvgIpc) is 2.52. The van der Waals surface area contributed by atoms with Gasteiger partial charge in [-0.3, -0.25) is 9.36 Å². The van der Waals surface area contributed by atoms with Crippen LogP contribution >= 0.6 is 35.4 Å². The topological polar surface area (TPSA) is 47.0 Å². The number of aromatic amines is 1. The van der Waals surface area contributed by atoms with Crippen molar-refractivity contribution in [3.63, 3.8) is 0 Å². The van der Waals surface area contributed by atoms with Gasteiger partial charge in [-0.2, -0.15) is 0 Å². The predicted octanol–water partition coefficient (Wildman–Crippen LogP) is 4.98. The maximum atomic E-state index is 13.0. The minimum Gasteiger partial charge on any atom is -0.496 e. The van der Waals surface area contributed by atoms with E-state index in [1.54, 1.807) is 31.4 Å². The molecule has 2 aromatic carbocycles. The molecular formula is C17H14Cl2N2O2S. The molecule has 1 heterocycles. The first-order valence-electron chi connectivity index (χ1n) is 7.13. The van der Waals surface area contributed by atoms with Crippen LogP contribution in [-0.4, -0.2) is 16.7 Å². The third kappa shape index (κ3) is 2.73. The molecule has 0 aliphatic carbocycles. The number of halogens is 2. The van der Waals surface area contributed by atoms with Crippen LogP contribution in [0.15, 0.2) is 29.1 Å². The summed E-state index contributed by atoms with van der Waals surface area (Å²) in [6.07, 6.45) is 0. The van der Waals surface area contributed by atoms with E-state index < -0.39 is 0 Å². The predicted molar refractivity (Wildman–Crippen MR) is 101 cm³/mol. The normalized spacial score (nSPS) is 11.0. The van der Waals surface area contributed by atoms with Crippen LogP contribution in [0.2, 0.25) is 10.0 Å². The van der Waals surface area contributed by atoms with Gasteiger partial charge in [0, 0.05) is 11.1 Å². The molecule has 4 nitrogen and oxygen atoms in total. The first-order chi connectivity index (χ1) is 11.3. The Hall–Kier alpha value is -1.82. The number of nitrogens with zero attached hydrogens (tertiary/aromatic N) is 1. The highest BCUT2D eigenvalue weighted by Gasteiger charge is 2.14. The first-order valence-corrected chi connectivity index (χ1v) is 8.29. The maximum Gasteiger partial charge on any atom is 0.266 e. The first kappa shape index (κ1) is 17.0. The second-order valence-electron chi connectivity index (χ2n) is 5.49. The van der Waals surface area contributed by atoms with Crippen molar-refractivity contribution < 1.29 is 4.74 Å². The smallest absolute Gasteiger partial charge is 0.266 e. The van der Waals surface area contributed by atoms with E-state index in [0.717, 1.165) is 11.1 Å². The van der Waals surface area contributed by atoms with Gasteiger partial charge in [-0.1, -0.05) is 23.2 Å². The number of aryl methyl sites for hydroxylation is 2. The lowest BCUT2D eigenvalue weighted by Crippen LogP contribution is -2.21. The highest BCUT2D eigenvalue weighted by Crippen LogP contribution is 2.29. The molecule has 7 heteroatoms. The van der Waals surface area contributed by atoms with Crippen LogP contribution < -0.4 is 10.3 Å². The monoisotopic (exact) mass is 380 g/mol. The van der Waals surface area contributed by atoms with Gasteiger partial charge < -0.3 is 9.72 Å². The van der Waals surface area contributed by atoms with Crippen LogP contribution in [0, 0.1) is 18.6 Å². The van der Waals surface area contributed by atoms with Crippen LogP contribution in [0.1, 0.15) is 11.1 Å². The van der Waals surface area contributed by atoms with E-state index in [4.69, 9.17) is 40.2 Å². The zero-order valence-corrected chi connectivity index (χ0v) is 15.6. The van der Waals surface area contributed by atoms with Gasteiger partial charge in [-0.25, -0.2) is 0 Å². The minimum absolute atomic E-state index is 0.265. The number of hydrogen-bond acceptors (Lipinski definition) is 3. The Bertz CT molecular complexity index is 1090. The van der Waals surface area contributed by atoms with Gasteiger partial charge in [0.05, 0.1) is 28.7 Å². The van der Waals surface area contributed by atoms with Crippen molar-refractivity contribution in [1.82, 2.24) is 9.55 Å². The Balaban J connectivity index is 2.40. The quantitative estimate of drug-likeness (QED) is 0.637. The van der Waals surface area contributed by atoms with Gasteiger partial charge in [0.2, 0.25) is 0 Å². The second kappa shape index (κ2) is 6.24. The summed E-state index contributed by atoms with van der Waals surface area (Å²) in [5, 5.41) is 1.34. The summed E-state index contributed by atoms with van der Waals surface area (Å²) < 4.78 is 6.89. The van der Waals surface area contributed by atoms with Crippen molar-refractivity contribution in [3.05, 3.63) is 60.6 Å². The largest absolute Gasteiger partial charge is 0.496 e. The van der Waals surface area contributed by atoms with Gasteiger partial charge in [0.1, 0.15) is 5.75 Å². The molecule has 1 N–H and O–H groups in total. The third-order valence-corrected chi connectivity index (χ3v) is 4.88. The summed E-state index contributed by atoms with van der Waals surface area (Å²) in [6, 6.07) is 6.88. The summed E-state index contributed by atoms with van der Waals surface area (Å²) in [6.45, 7) is 3.74. The SMILES string of the molecule is COc1cc(Cl)c(-n2c(=S)[nH]c3cc(C)c(Cl)cc3c2=O)cc1C. The molecule has 0 radical (unpaired) electrons. The lowest BCUT2D eigenvalue weighted by Gasteiger charge is -2.13. The number of aromatic nitrogens is 2. The lowest BCUT2D eigenvalue weighted by atomic mass is 10.1. The average molecular weight is 381 g/mol. The number of nitrogens with one attached hydrogen (secondary N) is 1. The fourth-order valence-electron chi connectivity index (χ4n) is 2.60.